The Labute approximate surface area is 164 Å². The minimum atomic E-state index is -0.421. The second kappa shape index (κ2) is 7.29. The van der Waals surface area contributed by atoms with Crippen molar-refractivity contribution < 1.29 is 9.18 Å². The van der Waals surface area contributed by atoms with Crippen LogP contribution in [0.5, 0.6) is 0 Å². The molecule has 0 aliphatic carbocycles. The van der Waals surface area contributed by atoms with Gasteiger partial charge in [0.1, 0.15) is 11.5 Å². The molecule has 0 saturated heterocycles. The van der Waals surface area contributed by atoms with E-state index < -0.39 is 5.82 Å². The molecule has 0 saturated carbocycles. The summed E-state index contributed by atoms with van der Waals surface area (Å²) < 4.78 is 15.4. The maximum Gasteiger partial charge on any atom is 0.282 e. The summed E-state index contributed by atoms with van der Waals surface area (Å²) in [6.07, 6.45) is 1.71. The predicted octanol–water partition coefficient (Wildman–Crippen LogP) is 5.42. The molecule has 0 N–H and O–H groups in total. The van der Waals surface area contributed by atoms with Crippen molar-refractivity contribution in [2.24, 2.45) is 4.99 Å². The van der Waals surface area contributed by atoms with Gasteiger partial charge in [-0.05, 0) is 48.0 Å². The Kier molecular flexibility index (Phi) is 4.69. The fraction of sp³-hybridized carbons (Fsp3) is 0. The van der Waals surface area contributed by atoms with Gasteiger partial charge in [-0.1, -0.05) is 58.4 Å². The van der Waals surface area contributed by atoms with E-state index in [1.807, 2.05) is 42.5 Å². The largest absolute Gasteiger partial charge is 0.282 e. The summed E-state index contributed by atoms with van der Waals surface area (Å²) in [6, 6.07) is 23.0. The van der Waals surface area contributed by atoms with Crippen molar-refractivity contribution in [2.75, 3.05) is 4.90 Å². The van der Waals surface area contributed by atoms with Gasteiger partial charge in [0.25, 0.3) is 5.91 Å². The van der Waals surface area contributed by atoms with Crippen LogP contribution >= 0.6 is 15.9 Å². The van der Waals surface area contributed by atoms with Crippen molar-refractivity contribution in [3.63, 3.8) is 0 Å². The van der Waals surface area contributed by atoms with Gasteiger partial charge < -0.3 is 0 Å². The minimum absolute atomic E-state index is 0.263. The van der Waals surface area contributed by atoms with Gasteiger partial charge in [-0.25, -0.2) is 9.38 Å². The van der Waals surface area contributed by atoms with E-state index in [0.717, 1.165) is 10.0 Å². The predicted molar refractivity (Wildman–Crippen MR) is 109 cm³/mol. The molecule has 132 valence electrons. The monoisotopic (exact) mass is 420 g/mol. The van der Waals surface area contributed by atoms with Crippen molar-refractivity contribution in [2.45, 2.75) is 0 Å². The molecular formula is C22H14BrFN2O. The smallest absolute Gasteiger partial charge is 0.266 e. The average Bonchev–Trinajstić information content (AvgIpc) is 3.01. The molecule has 3 aromatic rings. The van der Waals surface area contributed by atoms with Crippen LogP contribution in [0, 0.1) is 5.82 Å². The number of hydrogen-bond donors (Lipinski definition) is 0. The number of anilines is 1. The van der Waals surface area contributed by atoms with Crippen LogP contribution in [0.25, 0.3) is 6.08 Å². The Balaban J connectivity index is 1.84. The van der Waals surface area contributed by atoms with Gasteiger partial charge >= 0.3 is 0 Å². The number of rotatable bonds is 3. The van der Waals surface area contributed by atoms with Crippen LogP contribution in [0.2, 0.25) is 0 Å². The molecule has 4 rings (SSSR count). The van der Waals surface area contributed by atoms with Crippen molar-refractivity contribution in [3.05, 3.63) is 106 Å². The maximum absolute atomic E-state index is 14.4. The molecule has 0 aromatic heterocycles. The Bertz CT molecular complexity index is 1060. The highest BCUT2D eigenvalue weighted by molar-refractivity contribution is 9.10. The molecule has 3 aromatic carbocycles. The van der Waals surface area contributed by atoms with E-state index in [9.17, 15) is 9.18 Å². The lowest BCUT2D eigenvalue weighted by atomic mass is 10.1. The van der Waals surface area contributed by atoms with E-state index in [0.29, 0.717) is 5.69 Å². The van der Waals surface area contributed by atoms with Crippen LogP contribution < -0.4 is 4.90 Å². The van der Waals surface area contributed by atoms with Gasteiger partial charge in [-0.15, -0.1) is 0 Å². The molecule has 0 fully saturated rings. The van der Waals surface area contributed by atoms with Crippen LogP contribution in [-0.2, 0) is 4.79 Å². The SMILES string of the molecule is O=C1/C(=C\c2ccc(Br)cc2)N=C(c2ccccc2F)N1c1ccccc1. The van der Waals surface area contributed by atoms with E-state index in [1.54, 1.807) is 36.4 Å². The maximum atomic E-state index is 14.4. The quantitative estimate of drug-likeness (QED) is 0.520. The first-order valence-electron chi connectivity index (χ1n) is 8.34. The number of carbonyl (C=O) groups excluding carboxylic acids is 1. The van der Waals surface area contributed by atoms with Crippen molar-refractivity contribution >= 4 is 39.4 Å². The zero-order valence-corrected chi connectivity index (χ0v) is 15.7. The number of para-hydroxylation sites is 1. The number of carbonyl (C=O) groups is 1. The summed E-state index contributed by atoms with van der Waals surface area (Å²) in [5, 5.41) is 0. The highest BCUT2D eigenvalue weighted by Gasteiger charge is 2.33. The highest BCUT2D eigenvalue weighted by atomic mass is 79.9. The van der Waals surface area contributed by atoms with Gasteiger partial charge in [0.15, 0.2) is 5.84 Å². The second-order valence-corrected chi connectivity index (χ2v) is 6.89. The molecule has 1 heterocycles. The summed E-state index contributed by atoms with van der Waals surface area (Å²) in [4.78, 5) is 19.0. The van der Waals surface area contributed by atoms with Gasteiger partial charge in [-0.3, -0.25) is 9.69 Å². The number of hydrogen-bond acceptors (Lipinski definition) is 2. The molecule has 1 amide bonds. The van der Waals surface area contributed by atoms with E-state index >= 15 is 0 Å². The number of aliphatic imine (C=N–C) groups is 1. The molecule has 27 heavy (non-hydrogen) atoms. The lowest BCUT2D eigenvalue weighted by Crippen LogP contribution is -2.33. The average molecular weight is 421 g/mol. The third kappa shape index (κ3) is 3.46. The lowest BCUT2D eigenvalue weighted by molar-refractivity contribution is -0.113. The Morgan fingerprint density at radius 2 is 1.56 bits per heavy atom. The van der Waals surface area contributed by atoms with Gasteiger partial charge in [-0.2, -0.15) is 0 Å². The summed E-state index contributed by atoms with van der Waals surface area (Å²) in [5.74, 6) is -0.426. The van der Waals surface area contributed by atoms with Gasteiger partial charge in [0.2, 0.25) is 0 Å². The zero-order chi connectivity index (χ0) is 18.8. The zero-order valence-electron chi connectivity index (χ0n) is 14.1. The van der Waals surface area contributed by atoms with Crippen molar-refractivity contribution in [1.82, 2.24) is 0 Å². The van der Waals surface area contributed by atoms with Gasteiger partial charge in [0, 0.05) is 4.47 Å². The van der Waals surface area contributed by atoms with Crippen LogP contribution in [0.3, 0.4) is 0 Å². The summed E-state index contributed by atoms with van der Waals surface area (Å²) >= 11 is 3.39. The van der Waals surface area contributed by atoms with Crippen LogP contribution in [-0.4, -0.2) is 11.7 Å². The minimum Gasteiger partial charge on any atom is -0.266 e. The molecule has 0 radical (unpaired) electrons. The van der Waals surface area contributed by atoms with Crippen LogP contribution in [0.1, 0.15) is 11.1 Å². The van der Waals surface area contributed by atoms with Gasteiger partial charge in [0.05, 0.1) is 11.3 Å². The third-order valence-electron chi connectivity index (χ3n) is 4.16. The van der Waals surface area contributed by atoms with E-state index in [1.165, 1.54) is 11.0 Å². The summed E-state index contributed by atoms with van der Waals surface area (Å²) in [5.41, 5.74) is 2.03. The molecule has 5 heteroatoms. The summed E-state index contributed by atoms with van der Waals surface area (Å²) in [6.45, 7) is 0. The highest BCUT2D eigenvalue weighted by Crippen LogP contribution is 2.28. The van der Waals surface area contributed by atoms with Crippen molar-refractivity contribution in [3.8, 4) is 0 Å². The van der Waals surface area contributed by atoms with Crippen LogP contribution in [0.15, 0.2) is 94.0 Å². The van der Waals surface area contributed by atoms with Crippen LogP contribution in [0.4, 0.5) is 10.1 Å². The molecule has 1 aliphatic rings. The molecule has 1 aliphatic heterocycles. The molecule has 0 spiro atoms. The molecule has 3 nitrogen and oxygen atoms in total. The number of amidine groups is 1. The first kappa shape index (κ1) is 17.4. The molecule has 0 bridgehead atoms. The topological polar surface area (TPSA) is 32.7 Å². The number of nitrogens with zero attached hydrogens (tertiary/aromatic N) is 2. The van der Waals surface area contributed by atoms with E-state index in [2.05, 4.69) is 20.9 Å². The summed E-state index contributed by atoms with van der Waals surface area (Å²) in [7, 11) is 0. The fourth-order valence-corrected chi connectivity index (χ4v) is 3.14. The number of benzene rings is 3. The Hall–Kier alpha value is -3.05. The van der Waals surface area contributed by atoms with Crippen molar-refractivity contribution in [1.29, 1.82) is 0 Å². The molecule has 0 atom stereocenters. The first-order chi connectivity index (χ1) is 13.1. The fourth-order valence-electron chi connectivity index (χ4n) is 2.87. The van der Waals surface area contributed by atoms with E-state index in [4.69, 9.17) is 0 Å². The van der Waals surface area contributed by atoms with E-state index in [-0.39, 0.29) is 23.0 Å². The first-order valence-corrected chi connectivity index (χ1v) is 9.13. The third-order valence-corrected chi connectivity index (χ3v) is 4.69. The second-order valence-electron chi connectivity index (χ2n) is 5.97. The number of amides is 1. The number of halogens is 2. The standard InChI is InChI=1S/C22H14BrFN2O/c23-16-12-10-15(11-13-16)14-20-22(27)26(17-6-2-1-3-7-17)21(25-20)18-8-4-5-9-19(18)24/h1-14H/b20-14+. The normalized spacial score (nSPS) is 15.3. The Morgan fingerprint density at radius 3 is 2.26 bits per heavy atom. The lowest BCUT2D eigenvalue weighted by Gasteiger charge is -2.18. The molecule has 0 unspecified atom stereocenters. The Morgan fingerprint density at radius 1 is 0.889 bits per heavy atom. The molecular weight excluding hydrogens is 407 g/mol.